The highest BCUT2D eigenvalue weighted by Gasteiger charge is 2.27. The molecule has 0 spiro atoms. The molecule has 156 valence electrons. The largest absolute Gasteiger partial charge is 0.493 e. The van der Waals surface area contributed by atoms with E-state index < -0.39 is 17.9 Å². The van der Waals surface area contributed by atoms with Crippen LogP contribution in [0.2, 0.25) is 0 Å². The molecule has 2 aromatic rings. The number of benzene rings is 2. The van der Waals surface area contributed by atoms with Crippen LogP contribution in [0.1, 0.15) is 5.56 Å². The number of hydrogen-bond donors (Lipinski definition) is 2. The van der Waals surface area contributed by atoms with Crippen LogP contribution in [0.3, 0.4) is 0 Å². The molecule has 0 saturated carbocycles. The average Bonchev–Trinajstić information content (AvgIpc) is 2.80. The maximum atomic E-state index is 12.2. The summed E-state index contributed by atoms with van der Waals surface area (Å²) in [7, 11) is 1.53. The number of nitrogens with one attached hydrogen (secondary N) is 2. The first kappa shape index (κ1) is 19.4. The van der Waals surface area contributed by atoms with E-state index in [0.717, 1.165) is 0 Å². The van der Waals surface area contributed by atoms with Crippen molar-refractivity contribution in [2.45, 2.75) is 6.10 Å². The molecule has 0 radical (unpaired) electrons. The molecule has 1 atom stereocenters. The van der Waals surface area contributed by atoms with Crippen molar-refractivity contribution in [3.05, 3.63) is 48.0 Å². The second-order valence-corrected chi connectivity index (χ2v) is 6.42. The molecule has 2 aliphatic heterocycles. The third-order valence-corrected chi connectivity index (χ3v) is 4.39. The average molecular weight is 412 g/mol. The van der Waals surface area contributed by atoms with Gasteiger partial charge < -0.3 is 23.7 Å². The van der Waals surface area contributed by atoms with Crippen molar-refractivity contribution in [3.63, 3.8) is 0 Å². The Bertz CT molecular complexity index is 972. The lowest BCUT2D eigenvalue weighted by Gasteiger charge is -2.25. The number of para-hydroxylation sites is 2. The minimum absolute atomic E-state index is 0.0472. The molecule has 2 aliphatic rings. The normalized spacial score (nSPS) is 16.6. The van der Waals surface area contributed by atoms with Crippen LogP contribution in [0.4, 0.5) is 0 Å². The highest BCUT2D eigenvalue weighted by atomic mass is 16.6. The molecule has 0 bridgehead atoms. The Balaban J connectivity index is 1.33. The first-order valence-corrected chi connectivity index (χ1v) is 9.28. The van der Waals surface area contributed by atoms with Gasteiger partial charge in [0.1, 0.15) is 19.8 Å². The van der Waals surface area contributed by atoms with Gasteiger partial charge in [0.05, 0.1) is 7.11 Å². The lowest BCUT2D eigenvalue weighted by molar-refractivity contribution is -0.134. The van der Waals surface area contributed by atoms with Gasteiger partial charge >= 0.3 is 0 Å². The highest BCUT2D eigenvalue weighted by Crippen LogP contribution is 2.40. The molecule has 1 unspecified atom stereocenters. The first-order valence-electron chi connectivity index (χ1n) is 9.28. The van der Waals surface area contributed by atoms with Gasteiger partial charge in [-0.3, -0.25) is 20.4 Å². The zero-order chi connectivity index (χ0) is 20.9. The maximum Gasteiger partial charge on any atom is 0.283 e. The van der Waals surface area contributed by atoms with Crippen LogP contribution in [-0.4, -0.2) is 44.8 Å². The van der Waals surface area contributed by atoms with E-state index >= 15 is 0 Å². The minimum atomic E-state index is -0.869. The molecule has 9 heteroatoms. The van der Waals surface area contributed by atoms with Crippen LogP contribution in [-0.2, 0) is 9.59 Å². The van der Waals surface area contributed by atoms with E-state index in [1.807, 2.05) is 6.07 Å². The lowest BCUT2D eigenvalue weighted by Crippen LogP contribution is -2.50. The van der Waals surface area contributed by atoms with Crippen molar-refractivity contribution in [2.75, 3.05) is 26.9 Å². The van der Waals surface area contributed by atoms with Crippen LogP contribution >= 0.6 is 0 Å². The van der Waals surface area contributed by atoms with Gasteiger partial charge in [-0.15, -0.1) is 0 Å². The molecule has 0 fully saturated rings. The summed E-state index contributed by atoms with van der Waals surface area (Å²) in [6.45, 7) is 0.931. The molecule has 0 aliphatic carbocycles. The van der Waals surface area contributed by atoms with Crippen molar-refractivity contribution in [2.24, 2.45) is 0 Å². The lowest BCUT2D eigenvalue weighted by atomic mass is 10.1. The summed E-state index contributed by atoms with van der Waals surface area (Å²) in [4.78, 5) is 24.3. The third kappa shape index (κ3) is 4.24. The van der Waals surface area contributed by atoms with Crippen LogP contribution in [0.15, 0.2) is 42.5 Å². The summed E-state index contributed by atoms with van der Waals surface area (Å²) < 4.78 is 27.5. The molecule has 2 N–H and O–H groups in total. The summed E-state index contributed by atoms with van der Waals surface area (Å²) in [6, 6.07) is 10.5. The molecule has 0 saturated heterocycles. The number of hydrazine groups is 1. The summed E-state index contributed by atoms with van der Waals surface area (Å²) in [5.41, 5.74) is 5.32. The number of rotatable bonds is 4. The Morgan fingerprint density at radius 2 is 1.83 bits per heavy atom. The van der Waals surface area contributed by atoms with Crippen molar-refractivity contribution < 1.29 is 33.3 Å². The van der Waals surface area contributed by atoms with E-state index in [2.05, 4.69) is 10.9 Å². The van der Waals surface area contributed by atoms with Crippen LogP contribution < -0.4 is 34.5 Å². The molecule has 0 aromatic heterocycles. The smallest absolute Gasteiger partial charge is 0.283 e. The number of carbonyl (C=O) groups is 2. The predicted molar refractivity (Wildman–Crippen MR) is 106 cm³/mol. The van der Waals surface area contributed by atoms with Crippen molar-refractivity contribution >= 4 is 17.9 Å². The Morgan fingerprint density at radius 1 is 1.03 bits per heavy atom. The van der Waals surface area contributed by atoms with E-state index in [-0.39, 0.29) is 6.61 Å². The van der Waals surface area contributed by atoms with E-state index in [0.29, 0.717) is 47.5 Å². The van der Waals surface area contributed by atoms with Gasteiger partial charge in [0.25, 0.3) is 11.8 Å². The molecule has 4 rings (SSSR count). The fourth-order valence-electron chi connectivity index (χ4n) is 2.96. The van der Waals surface area contributed by atoms with Gasteiger partial charge in [0.15, 0.2) is 23.0 Å². The third-order valence-electron chi connectivity index (χ3n) is 4.39. The van der Waals surface area contributed by atoms with Gasteiger partial charge in [-0.05, 0) is 35.9 Å². The van der Waals surface area contributed by atoms with E-state index in [4.69, 9.17) is 23.7 Å². The number of carbonyl (C=O) groups excluding carboxylic acids is 2. The molecular weight excluding hydrogens is 392 g/mol. The van der Waals surface area contributed by atoms with E-state index in [1.54, 1.807) is 36.4 Å². The number of amides is 2. The first-order chi connectivity index (χ1) is 14.6. The highest BCUT2D eigenvalue weighted by molar-refractivity contribution is 5.93. The van der Waals surface area contributed by atoms with Crippen LogP contribution in [0.25, 0.3) is 6.08 Å². The molecule has 30 heavy (non-hydrogen) atoms. The fourth-order valence-corrected chi connectivity index (χ4v) is 2.96. The Hall–Kier alpha value is -3.88. The molecule has 2 heterocycles. The monoisotopic (exact) mass is 412 g/mol. The second-order valence-electron chi connectivity index (χ2n) is 6.42. The standard InChI is InChI=1S/C21H20N2O7/c1-26-16-10-13(11-17-20(16)28-9-8-27-17)6-7-19(24)22-23-21(25)18-12-29-14-4-2-3-5-15(14)30-18/h2-7,10-11,18H,8-9,12H2,1H3,(H,22,24)(H,23,25)/b7-6+. The number of methoxy groups -OCH3 is 1. The van der Waals surface area contributed by atoms with Gasteiger partial charge in [-0.1, -0.05) is 12.1 Å². The van der Waals surface area contributed by atoms with E-state index in [9.17, 15) is 9.59 Å². The van der Waals surface area contributed by atoms with Gasteiger partial charge in [-0.25, -0.2) is 0 Å². The molecule has 2 aromatic carbocycles. The number of ether oxygens (including phenoxy) is 5. The number of fused-ring (bicyclic) bond motifs is 2. The minimum Gasteiger partial charge on any atom is -0.493 e. The molecular formula is C21H20N2O7. The molecule has 2 amide bonds. The summed E-state index contributed by atoms with van der Waals surface area (Å²) >= 11 is 0. The SMILES string of the molecule is COc1cc(/C=C/C(=O)NNC(=O)C2COc3ccccc3O2)cc2c1OCCO2. The van der Waals surface area contributed by atoms with Gasteiger partial charge in [0, 0.05) is 6.08 Å². The number of hydrogen-bond acceptors (Lipinski definition) is 7. The zero-order valence-electron chi connectivity index (χ0n) is 16.2. The van der Waals surface area contributed by atoms with Crippen molar-refractivity contribution in [1.29, 1.82) is 0 Å². The van der Waals surface area contributed by atoms with Gasteiger partial charge in [0.2, 0.25) is 11.9 Å². The van der Waals surface area contributed by atoms with Crippen LogP contribution in [0, 0.1) is 0 Å². The van der Waals surface area contributed by atoms with Gasteiger partial charge in [-0.2, -0.15) is 0 Å². The Morgan fingerprint density at radius 3 is 2.67 bits per heavy atom. The van der Waals surface area contributed by atoms with Crippen molar-refractivity contribution in [3.8, 4) is 28.7 Å². The topological polar surface area (TPSA) is 104 Å². The quantitative estimate of drug-likeness (QED) is 0.579. The Kier molecular flexibility index (Phi) is 5.60. The van der Waals surface area contributed by atoms with Crippen LogP contribution in [0.5, 0.6) is 28.7 Å². The molecule has 9 nitrogen and oxygen atoms in total. The maximum absolute atomic E-state index is 12.2. The second kappa shape index (κ2) is 8.64. The Labute approximate surface area is 172 Å². The predicted octanol–water partition coefficient (Wildman–Crippen LogP) is 1.47. The summed E-state index contributed by atoms with van der Waals surface area (Å²) in [5, 5.41) is 0. The van der Waals surface area contributed by atoms with Crippen molar-refractivity contribution in [1.82, 2.24) is 10.9 Å². The zero-order valence-corrected chi connectivity index (χ0v) is 16.2. The summed E-state index contributed by atoms with van der Waals surface area (Å²) in [5.74, 6) is 1.60. The van der Waals surface area contributed by atoms with E-state index in [1.165, 1.54) is 13.2 Å². The summed E-state index contributed by atoms with van der Waals surface area (Å²) in [6.07, 6.45) is 1.98. The fraction of sp³-hybridized carbons (Fsp3) is 0.238.